The molecule has 1 fully saturated rings. The molecule has 0 bridgehead atoms. The number of hydrogen-bond acceptors (Lipinski definition) is 4. The van der Waals surface area contributed by atoms with Gasteiger partial charge in [-0.25, -0.2) is 9.59 Å². The van der Waals surface area contributed by atoms with E-state index in [1.165, 1.54) is 0 Å². The van der Waals surface area contributed by atoms with E-state index in [1.807, 2.05) is 0 Å². The van der Waals surface area contributed by atoms with Crippen molar-refractivity contribution in [3.8, 4) is 0 Å². The van der Waals surface area contributed by atoms with Gasteiger partial charge in [0.1, 0.15) is 0 Å². The van der Waals surface area contributed by atoms with E-state index in [0.29, 0.717) is 13.1 Å². The molecule has 0 aromatic carbocycles. The van der Waals surface area contributed by atoms with Crippen LogP contribution >= 0.6 is 0 Å². The highest BCUT2D eigenvalue weighted by Crippen LogP contribution is 2.07. The second kappa shape index (κ2) is 6.41. The first kappa shape index (κ1) is 13.7. The number of nitrogens with zero attached hydrogens (tertiary/aromatic N) is 1. The second-order valence-corrected chi connectivity index (χ2v) is 4.20. The maximum absolute atomic E-state index is 11.6. The third kappa shape index (κ3) is 4.58. The molecule has 1 saturated heterocycles. The average Bonchev–Trinajstić information content (AvgIpc) is 2.29. The Morgan fingerprint density at radius 1 is 1.41 bits per heavy atom. The fourth-order valence-corrected chi connectivity index (χ4v) is 1.65. The molecule has 7 heteroatoms. The van der Waals surface area contributed by atoms with Gasteiger partial charge in [-0.15, -0.1) is 0 Å². The number of carbonyl (C=O) groups is 2. The van der Waals surface area contributed by atoms with Crippen LogP contribution in [0.25, 0.3) is 0 Å². The van der Waals surface area contributed by atoms with E-state index in [2.05, 4.69) is 5.32 Å². The molecule has 0 radical (unpaired) electrons. The third-order valence-corrected chi connectivity index (χ3v) is 2.81. The van der Waals surface area contributed by atoms with Gasteiger partial charge >= 0.3 is 12.0 Å². The summed E-state index contributed by atoms with van der Waals surface area (Å²) in [5, 5.41) is 20.0. The zero-order valence-electron chi connectivity index (χ0n) is 9.63. The minimum absolute atomic E-state index is 0.00836. The highest BCUT2D eigenvalue weighted by Gasteiger charge is 2.20. The predicted molar refractivity (Wildman–Crippen MR) is 60.4 cm³/mol. The Morgan fingerprint density at radius 2 is 2.00 bits per heavy atom. The van der Waals surface area contributed by atoms with Crippen LogP contribution in [0.2, 0.25) is 0 Å². The Kier molecular flexibility index (Phi) is 5.17. The van der Waals surface area contributed by atoms with E-state index in [4.69, 9.17) is 15.9 Å². The van der Waals surface area contributed by atoms with Crippen molar-refractivity contribution in [1.82, 2.24) is 10.2 Å². The maximum atomic E-state index is 11.6. The number of piperidine rings is 1. The van der Waals surface area contributed by atoms with Crippen LogP contribution in [0.15, 0.2) is 0 Å². The van der Waals surface area contributed by atoms with Gasteiger partial charge in [-0.1, -0.05) is 0 Å². The first-order valence-corrected chi connectivity index (χ1v) is 5.70. The molecule has 0 aromatic rings. The Hall–Kier alpha value is -1.34. The van der Waals surface area contributed by atoms with Crippen LogP contribution in [-0.4, -0.2) is 58.9 Å². The lowest BCUT2D eigenvalue weighted by Crippen LogP contribution is -2.47. The molecule has 1 atom stereocenters. The number of aliphatic carboxylic acids is 1. The van der Waals surface area contributed by atoms with Crippen molar-refractivity contribution in [2.75, 3.05) is 19.6 Å². The summed E-state index contributed by atoms with van der Waals surface area (Å²) in [6, 6.07) is -0.0672. The topological polar surface area (TPSA) is 116 Å². The summed E-state index contributed by atoms with van der Waals surface area (Å²) in [6.07, 6.45) is 0.148. The number of nitrogens with two attached hydrogens (primary N) is 1. The van der Waals surface area contributed by atoms with Gasteiger partial charge in [-0.2, -0.15) is 0 Å². The van der Waals surface area contributed by atoms with Crippen molar-refractivity contribution in [1.29, 1.82) is 0 Å². The lowest BCUT2D eigenvalue weighted by atomic mass is 10.1. The number of urea groups is 1. The predicted octanol–water partition coefficient (Wildman–Crippen LogP) is -1.05. The van der Waals surface area contributed by atoms with E-state index in [0.717, 1.165) is 12.8 Å². The SMILES string of the molecule is NC1CCN(C(=O)NCCC(O)C(=O)O)CC1. The molecule has 0 saturated carbocycles. The summed E-state index contributed by atoms with van der Waals surface area (Å²) in [4.78, 5) is 23.6. The molecule has 1 aliphatic heterocycles. The lowest BCUT2D eigenvalue weighted by molar-refractivity contribution is -0.146. The molecular weight excluding hydrogens is 226 g/mol. The van der Waals surface area contributed by atoms with Crippen LogP contribution in [0.5, 0.6) is 0 Å². The molecule has 5 N–H and O–H groups in total. The molecule has 0 aliphatic carbocycles. The van der Waals surface area contributed by atoms with E-state index in [9.17, 15) is 9.59 Å². The van der Waals surface area contributed by atoms with Gasteiger partial charge in [-0.3, -0.25) is 0 Å². The first-order valence-electron chi connectivity index (χ1n) is 5.70. The largest absolute Gasteiger partial charge is 0.479 e. The third-order valence-electron chi connectivity index (χ3n) is 2.81. The Bertz CT molecular complexity index is 277. The summed E-state index contributed by atoms with van der Waals surface area (Å²) >= 11 is 0. The van der Waals surface area contributed by atoms with Crippen molar-refractivity contribution >= 4 is 12.0 Å². The van der Waals surface area contributed by atoms with E-state index in [1.54, 1.807) is 4.90 Å². The molecule has 7 nitrogen and oxygen atoms in total. The molecule has 1 rings (SSSR count). The molecule has 0 spiro atoms. The van der Waals surface area contributed by atoms with Crippen molar-refractivity contribution in [3.63, 3.8) is 0 Å². The first-order chi connectivity index (χ1) is 8.00. The molecular formula is C10H19N3O4. The molecule has 98 valence electrons. The van der Waals surface area contributed by atoms with Gasteiger partial charge < -0.3 is 26.2 Å². The fourth-order valence-electron chi connectivity index (χ4n) is 1.65. The molecule has 2 amide bonds. The van der Waals surface area contributed by atoms with E-state index in [-0.39, 0.29) is 25.0 Å². The van der Waals surface area contributed by atoms with E-state index < -0.39 is 12.1 Å². The number of aliphatic hydroxyl groups excluding tert-OH is 1. The number of nitrogens with one attached hydrogen (secondary N) is 1. The van der Waals surface area contributed by atoms with E-state index >= 15 is 0 Å². The van der Waals surface area contributed by atoms with Gasteiger partial charge in [0.2, 0.25) is 0 Å². The number of amides is 2. The highest BCUT2D eigenvalue weighted by molar-refractivity contribution is 5.74. The lowest BCUT2D eigenvalue weighted by Gasteiger charge is -2.30. The fraction of sp³-hybridized carbons (Fsp3) is 0.800. The summed E-state index contributed by atoms with van der Waals surface area (Å²) in [5.74, 6) is -1.27. The van der Waals surface area contributed by atoms with Crippen LogP contribution in [0.1, 0.15) is 19.3 Å². The Balaban J connectivity index is 2.19. The normalized spacial score (nSPS) is 18.8. The standard InChI is InChI=1S/C10H19N3O4/c11-7-2-5-13(6-3-7)10(17)12-4-1-8(14)9(15)16/h7-8,14H,1-6,11H2,(H,12,17)(H,15,16). The molecule has 1 unspecified atom stereocenters. The minimum atomic E-state index is -1.43. The number of carboxylic acid groups (broad SMARTS) is 1. The average molecular weight is 245 g/mol. The number of carbonyl (C=O) groups excluding carboxylic acids is 1. The number of likely N-dealkylation sites (tertiary alicyclic amines) is 1. The Morgan fingerprint density at radius 3 is 2.53 bits per heavy atom. The molecule has 17 heavy (non-hydrogen) atoms. The van der Waals surface area contributed by atoms with Crippen molar-refractivity contribution < 1.29 is 19.8 Å². The molecule has 1 aliphatic rings. The summed E-state index contributed by atoms with van der Waals surface area (Å²) in [5.41, 5.74) is 5.71. The van der Waals surface area contributed by atoms with Gasteiger partial charge in [0.15, 0.2) is 6.10 Å². The van der Waals surface area contributed by atoms with Crippen LogP contribution in [0.3, 0.4) is 0 Å². The monoisotopic (exact) mass is 245 g/mol. The maximum Gasteiger partial charge on any atom is 0.332 e. The summed E-state index contributed by atoms with van der Waals surface area (Å²) < 4.78 is 0. The smallest absolute Gasteiger partial charge is 0.332 e. The van der Waals surface area contributed by atoms with Gasteiger partial charge in [0, 0.05) is 32.1 Å². The van der Waals surface area contributed by atoms with Gasteiger partial charge in [0.25, 0.3) is 0 Å². The minimum Gasteiger partial charge on any atom is -0.479 e. The Labute approximate surface area is 99.6 Å². The van der Waals surface area contributed by atoms with Gasteiger partial charge in [0.05, 0.1) is 0 Å². The number of carboxylic acids is 1. The van der Waals surface area contributed by atoms with Crippen molar-refractivity contribution in [2.24, 2.45) is 5.73 Å². The highest BCUT2D eigenvalue weighted by atomic mass is 16.4. The zero-order valence-corrected chi connectivity index (χ0v) is 9.63. The van der Waals surface area contributed by atoms with Gasteiger partial charge in [-0.05, 0) is 12.8 Å². The van der Waals surface area contributed by atoms with Crippen LogP contribution in [0.4, 0.5) is 4.79 Å². The molecule has 1 heterocycles. The quantitative estimate of drug-likeness (QED) is 0.504. The molecule has 0 aromatic heterocycles. The number of hydrogen-bond donors (Lipinski definition) is 4. The summed E-state index contributed by atoms with van der Waals surface area (Å²) in [6.45, 7) is 1.39. The zero-order chi connectivity index (χ0) is 12.8. The summed E-state index contributed by atoms with van der Waals surface area (Å²) in [7, 11) is 0. The van der Waals surface area contributed by atoms with Crippen LogP contribution in [0, 0.1) is 0 Å². The number of rotatable bonds is 4. The van der Waals surface area contributed by atoms with Crippen molar-refractivity contribution in [2.45, 2.75) is 31.4 Å². The van der Waals surface area contributed by atoms with Crippen molar-refractivity contribution in [3.05, 3.63) is 0 Å². The second-order valence-electron chi connectivity index (χ2n) is 4.20. The van der Waals surface area contributed by atoms with Crippen LogP contribution in [-0.2, 0) is 4.79 Å². The van der Waals surface area contributed by atoms with Crippen LogP contribution < -0.4 is 11.1 Å². The number of aliphatic hydroxyl groups is 1.